The second-order valence-corrected chi connectivity index (χ2v) is 7.91. The molecule has 2 atom stereocenters. The Morgan fingerprint density at radius 1 is 0.862 bits per heavy atom. The summed E-state index contributed by atoms with van der Waals surface area (Å²) in [5.41, 5.74) is 7.47. The minimum atomic E-state index is -0.165. The highest BCUT2D eigenvalue weighted by molar-refractivity contribution is 6.01. The number of ketones is 1. The van der Waals surface area contributed by atoms with Crippen LogP contribution in [0.4, 0.5) is 11.4 Å². The van der Waals surface area contributed by atoms with Gasteiger partial charge < -0.3 is 10.6 Å². The normalized spacial score (nSPS) is 20.8. The van der Waals surface area contributed by atoms with E-state index in [0.29, 0.717) is 6.42 Å². The van der Waals surface area contributed by atoms with Gasteiger partial charge in [0.2, 0.25) is 0 Å². The molecule has 1 aliphatic heterocycles. The molecule has 3 aromatic rings. The van der Waals surface area contributed by atoms with Gasteiger partial charge in [0.05, 0.1) is 17.4 Å². The van der Waals surface area contributed by atoms with Crippen LogP contribution >= 0.6 is 0 Å². The van der Waals surface area contributed by atoms with Crippen LogP contribution in [0.15, 0.2) is 84.3 Å². The van der Waals surface area contributed by atoms with Crippen molar-refractivity contribution in [2.45, 2.75) is 31.7 Å². The Balaban J connectivity index is 1.60. The smallest absolute Gasteiger partial charge is 0.167 e. The number of nitrogens with one attached hydrogen (secondary N) is 3. The van der Waals surface area contributed by atoms with Crippen molar-refractivity contribution in [3.63, 3.8) is 0 Å². The average Bonchev–Trinajstić information content (AvgIpc) is 2.92. The molecule has 4 heteroatoms. The summed E-state index contributed by atoms with van der Waals surface area (Å²) in [4.78, 5) is 16.5. The number of pyridine rings is 1. The standard InChI is InChI=1S/C25H23N3O/c1-16-6-8-17(9-7-16)19-14-22-24(23(29)15-19)25(18-10-12-26-13-11-18)28-21-5-3-2-4-20(21)27-22/h2-13,19,25,27-28H,14-15H2,1H3/p+1. The van der Waals surface area contributed by atoms with Gasteiger partial charge in [-0.05, 0) is 42.5 Å². The fourth-order valence-electron chi connectivity index (χ4n) is 4.41. The van der Waals surface area contributed by atoms with E-state index in [1.165, 1.54) is 11.1 Å². The number of benzene rings is 2. The fraction of sp³-hybridized carbons (Fsp3) is 0.200. The molecule has 0 saturated carbocycles. The molecule has 29 heavy (non-hydrogen) atoms. The highest BCUT2D eigenvalue weighted by Gasteiger charge is 2.36. The number of carbonyl (C=O) groups excluding carboxylic acids is 1. The van der Waals surface area contributed by atoms with E-state index >= 15 is 0 Å². The Bertz CT molecular complexity index is 1090. The van der Waals surface area contributed by atoms with E-state index in [-0.39, 0.29) is 17.7 Å². The topological polar surface area (TPSA) is 55.3 Å². The molecule has 4 nitrogen and oxygen atoms in total. The molecule has 2 aliphatic rings. The Labute approximate surface area is 170 Å². The van der Waals surface area contributed by atoms with Crippen LogP contribution in [0.3, 0.4) is 0 Å². The molecule has 0 fully saturated rings. The van der Waals surface area contributed by atoms with Crippen LogP contribution in [0.5, 0.6) is 0 Å². The lowest BCUT2D eigenvalue weighted by molar-refractivity contribution is -0.378. The summed E-state index contributed by atoms with van der Waals surface area (Å²) in [5.74, 6) is 0.409. The van der Waals surface area contributed by atoms with Gasteiger partial charge in [-0.2, -0.15) is 0 Å². The molecule has 0 radical (unpaired) electrons. The summed E-state index contributed by atoms with van der Waals surface area (Å²) in [6, 6.07) is 20.7. The van der Waals surface area contributed by atoms with E-state index in [9.17, 15) is 4.79 Å². The van der Waals surface area contributed by atoms with Crippen LogP contribution in [0.2, 0.25) is 0 Å². The van der Waals surface area contributed by atoms with Crippen molar-refractivity contribution in [1.82, 2.24) is 0 Å². The number of rotatable bonds is 2. The molecule has 0 saturated heterocycles. The molecule has 3 N–H and O–H groups in total. The number of Topliss-reactive ketones (excluding diaryl/α,β-unsaturated/α-hetero) is 1. The third-order valence-corrected chi connectivity index (χ3v) is 5.94. The second kappa shape index (κ2) is 7.21. The van der Waals surface area contributed by atoms with E-state index in [0.717, 1.165) is 34.6 Å². The van der Waals surface area contributed by atoms with Crippen LogP contribution < -0.4 is 15.6 Å². The van der Waals surface area contributed by atoms with Crippen molar-refractivity contribution in [1.29, 1.82) is 0 Å². The van der Waals surface area contributed by atoms with E-state index in [1.807, 2.05) is 36.7 Å². The molecule has 2 heterocycles. The first kappa shape index (κ1) is 17.7. The van der Waals surface area contributed by atoms with Gasteiger partial charge in [0.25, 0.3) is 0 Å². The van der Waals surface area contributed by atoms with Crippen LogP contribution in [0, 0.1) is 6.92 Å². The predicted octanol–water partition coefficient (Wildman–Crippen LogP) is 4.79. The number of anilines is 2. The van der Waals surface area contributed by atoms with Crippen LogP contribution in [-0.2, 0) is 4.79 Å². The molecular weight excluding hydrogens is 358 g/mol. The molecule has 2 aromatic carbocycles. The highest BCUT2D eigenvalue weighted by Crippen LogP contribution is 2.44. The van der Waals surface area contributed by atoms with Gasteiger partial charge in [-0.15, -0.1) is 0 Å². The average molecular weight is 382 g/mol. The molecule has 5 rings (SSSR count). The first-order chi connectivity index (χ1) is 14.2. The summed E-state index contributed by atoms with van der Waals surface area (Å²) in [6.45, 7) is 2.09. The number of hydrogen-bond donors (Lipinski definition) is 2. The Hall–Kier alpha value is -3.40. The summed E-state index contributed by atoms with van der Waals surface area (Å²) in [7, 11) is 0. The van der Waals surface area contributed by atoms with Crippen molar-refractivity contribution in [2.75, 3.05) is 10.6 Å². The molecule has 0 bridgehead atoms. The van der Waals surface area contributed by atoms with Crippen LogP contribution in [0.1, 0.15) is 41.5 Å². The fourth-order valence-corrected chi connectivity index (χ4v) is 4.41. The van der Waals surface area contributed by atoms with Gasteiger partial charge in [-0.1, -0.05) is 42.0 Å². The first-order valence-electron chi connectivity index (χ1n) is 10.1. The Kier molecular flexibility index (Phi) is 4.39. The number of aryl methyl sites for hydroxylation is 1. The third kappa shape index (κ3) is 3.31. The van der Waals surface area contributed by atoms with Gasteiger partial charge >= 0.3 is 0 Å². The maximum atomic E-state index is 13.4. The second-order valence-electron chi connectivity index (χ2n) is 7.91. The summed E-state index contributed by atoms with van der Waals surface area (Å²) >= 11 is 0. The number of aromatic amines is 1. The maximum absolute atomic E-state index is 13.4. The molecule has 1 aromatic heterocycles. The monoisotopic (exact) mass is 382 g/mol. The summed E-state index contributed by atoms with van der Waals surface area (Å²) in [6.07, 6.45) is 5.18. The van der Waals surface area contributed by atoms with E-state index in [2.05, 4.69) is 58.9 Å². The number of carbonyl (C=O) groups is 1. The van der Waals surface area contributed by atoms with E-state index < -0.39 is 0 Å². The zero-order valence-electron chi connectivity index (χ0n) is 16.4. The van der Waals surface area contributed by atoms with E-state index in [1.54, 1.807) is 0 Å². The van der Waals surface area contributed by atoms with Gasteiger partial charge in [0.15, 0.2) is 18.2 Å². The van der Waals surface area contributed by atoms with Gasteiger partial charge in [0, 0.05) is 29.8 Å². The number of fused-ring (bicyclic) bond motifs is 1. The van der Waals surface area contributed by atoms with Crippen molar-refractivity contribution < 1.29 is 9.78 Å². The first-order valence-corrected chi connectivity index (χ1v) is 10.1. The van der Waals surface area contributed by atoms with Gasteiger partial charge in [0.1, 0.15) is 0 Å². The van der Waals surface area contributed by atoms with Gasteiger partial charge in [-0.3, -0.25) is 4.79 Å². The van der Waals surface area contributed by atoms with Crippen molar-refractivity contribution in [2.24, 2.45) is 0 Å². The number of allylic oxidation sites excluding steroid dienone is 1. The van der Waals surface area contributed by atoms with Crippen LogP contribution in [0.25, 0.3) is 0 Å². The third-order valence-electron chi connectivity index (χ3n) is 5.94. The SMILES string of the molecule is Cc1ccc(C2CC(=O)C3=C(C2)Nc2ccccc2NC3c2cc[nH+]cc2)cc1. The van der Waals surface area contributed by atoms with Crippen molar-refractivity contribution in [3.05, 3.63) is 101 Å². The van der Waals surface area contributed by atoms with Crippen molar-refractivity contribution in [3.8, 4) is 0 Å². The molecule has 0 spiro atoms. The molecular formula is C25H24N3O+. The molecule has 144 valence electrons. The minimum Gasteiger partial charge on any atom is -0.372 e. The number of hydrogen-bond acceptors (Lipinski definition) is 3. The zero-order valence-corrected chi connectivity index (χ0v) is 16.4. The zero-order chi connectivity index (χ0) is 19.8. The van der Waals surface area contributed by atoms with Crippen LogP contribution in [-0.4, -0.2) is 5.78 Å². The lowest BCUT2D eigenvalue weighted by Gasteiger charge is -2.29. The molecule has 1 aliphatic carbocycles. The lowest BCUT2D eigenvalue weighted by Crippen LogP contribution is -2.27. The minimum absolute atomic E-state index is 0.165. The number of aromatic nitrogens is 1. The quantitative estimate of drug-likeness (QED) is 0.670. The molecule has 2 unspecified atom stereocenters. The Morgan fingerprint density at radius 3 is 2.34 bits per heavy atom. The van der Waals surface area contributed by atoms with E-state index in [4.69, 9.17) is 0 Å². The molecule has 0 amide bonds. The summed E-state index contributed by atoms with van der Waals surface area (Å²) in [5, 5.41) is 7.20. The predicted molar refractivity (Wildman–Crippen MR) is 115 cm³/mol. The highest BCUT2D eigenvalue weighted by atomic mass is 16.1. The largest absolute Gasteiger partial charge is 0.372 e. The summed E-state index contributed by atoms with van der Waals surface area (Å²) < 4.78 is 0. The van der Waals surface area contributed by atoms with Crippen molar-refractivity contribution >= 4 is 17.2 Å². The Morgan fingerprint density at radius 2 is 1.59 bits per heavy atom. The van der Waals surface area contributed by atoms with Gasteiger partial charge in [-0.25, -0.2) is 4.98 Å². The number of H-pyrrole nitrogens is 1. The lowest BCUT2D eigenvalue weighted by atomic mass is 9.78. The number of para-hydroxylation sites is 2. The maximum Gasteiger partial charge on any atom is 0.167 e.